The minimum absolute atomic E-state index is 0.676. The molecule has 1 unspecified atom stereocenters. The fraction of sp³-hybridized carbons (Fsp3) is 0.571. The van der Waals surface area contributed by atoms with Gasteiger partial charge in [-0.25, -0.2) is 0 Å². The molecule has 0 bridgehead atoms. The zero-order valence-corrected chi connectivity index (χ0v) is 10.8. The Balaban J connectivity index is 1.96. The van der Waals surface area contributed by atoms with Crippen LogP contribution < -0.4 is 10.2 Å². The molecule has 0 aliphatic carbocycles. The van der Waals surface area contributed by atoms with Gasteiger partial charge in [-0.05, 0) is 50.4 Å². The molecule has 1 N–H and O–H groups in total. The van der Waals surface area contributed by atoms with Gasteiger partial charge in [-0.2, -0.15) is 0 Å². The Kier molecular flexibility index (Phi) is 3.26. The predicted molar refractivity (Wildman–Crippen MR) is 73.0 cm³/mol. The van der Waals surface area contributed by atoms with Crippen LogP contribution in [-0.4, -0.2) is 25.7 Å². The second-order valence-electron chi connectivity index (χ2n) is 5.03. The van der Waals surface area contributed by atoms with Gasteiger partial charge >= 0.3 is 0 Å². The Morgan fingerprint density at radius 3 is 3.12 bits per heavy atom. The molecule has 0 aromatic heterocycles. The number of hydrogen-bond donors (Lipinski definition) is 1. The fourth-order valence-electron chi connectivity index (χ4n) is 3.11. The lowest BCUT2D eigenvalue weighted by molar-refractivity contribution is 0.444. The molecule has 17 heavy (non-hydrogen) atoms. The smallest absolute Gasteiger partial charge is 0.0642 e. The van der Waals surface area contributed by atoms with Gasteiger partial charge < -0.3 is 10.2 Å². The second kappa shape index (κ2) is 4.87. The molecule has 2 aliphatic heterocycles. The maximum absolute atomic E-state index is 6.40. The van der Waals surface area contributed by atoms with E-state index in [1.54, 1.807) is 0 Å². The van der Waals surface area contributed by atoms with Crippen LogP contribution in [0.25, 0.3) is 0 Å². The van der Waals surface area contributed by atoms with Crippen molar-refractivity contribution in [2.45, 2.75) is 31.7 Å². The quantitative estimate of drug-likeness (QED) is 0.762. The summed E-state index contributed by atoms with van der Waals surface area (Å²) in [5.74, 6) is 0. The molecule has 1 aromatic carbocycles. The molecule has 1 atom stereocenters. The first kappa shape index (κ1) is 11.4. The lowest BCUT2D eigenvalue weighted by Crippen LogP contribution is -2.44. The van der Waals surface area contributed by atoms with Gasteiger partial charge in [-0.1, -0.05) is 23.7 Å². The first-order chi connectivity index (χ1) is 8.36. The summed E-state index contributed by atoms with van der Waals surface area (Å²) >= 11 is 6.40. The third-order valence-corrected chi connectivity index (χ3v) is 4.26. The Bertz CT molecular complexity index is 405. The van der Waals surface area contributed by atoms with Crippen LogP contribution in [0.15, 0.2) is 18.2 Å². The van der Waals surface area contributed by atoms with Crippen LogP contribution in [-0.2, 0) is 6.42 Å². The van der Waals surface area contributed by atoms with E-state index >= 15 is 0 Å². The maximum atomic E-state index is 6.40. The van der Waals surface area contributed by atoms with Crippen molar-refractivity contribution in [1.29, 1.82) is 0 Å². The van der Waals surface area contributed by atoms with Crippen LogP contribution in [0.4, 0.5) is 5.69 Å². The summed E-state index contributed by atoms with van der Waals surface area (Å²) in [6.07, 6.45) is 4.90. The topological polar surface area (TPSA) is 15.3 Å². The van der Waals surface area contributed by atoms with E-state index in [0.29, 0.717) is 6.04 Å². The summed E-state index contributed by atoms with van der Waals surface area (Å²) in [6, 6.07) is 7.01. The summed E-state index contributed by atoms with van der Waals surface area (Å²) in [7, 11) is 0. The SMILES string of the molecule is Clc1cccc2c1N1CCCNCCC1CC2. The number of nitrogens with one attached hydrogen (secondary N) is 1. The first-order valence-corrected chi connectivity index (χ1v) is 6.99. The van der Waals surface area contributed by atoms with Gasteiger partial charge in [0.05, 0.1) is 10.7 Å². The Morgan fingerprint density at radius 2 is 2.18 bits per heavy atom. The number of hydrogen-bond acceptors (Lipinski definition) is 2. The minimum Gasteiger partial charge on any atom is -0.367 e. The Labute approximate surface area is 108 Å². The van der Waals surface area contributed by atoms with Gasteiger partial charge in [0, 0.05) is 12.6 Å². The molecule has 92 valence electrons. The number of nitrogens with zero attached hydrogens (tertiary/aromatic N) is 1. The molecule has 3 rings (SSSR count). The maximum Gasteiger partial charge on any atom is 0.0642 e. The van der Waals surface area contributed by atoms with Crippen LogP contribution in [0, 0.1) is 0 Å². The van der Waals surface area contributed by atoms with E-state index in [0.717, 1.165) is 24.7 Å². The van der Waals surface area contributed by atoms with Crippen LogP contribution in [0.2, 0.25) is 5.02 Å². The summed E-state index contributed by atoms with van der Waals surface area (Å²) in [5, 5.41) is 4.43. The summed E-state index contributed by atoms with van der Waals surface area (Å²) in [4.78, 5) is 2.56. The molecule has 3 heteroatoms. The molecular weight excluding hydrogens is 232 g/mol. The highest BCUT2D eigenvalue weighted by Crippen LogP contribution is 2.37. The number of rotatable bonds is 0. The van der Waals surface area contributed by atoms with E-state index < -0.39 is 0 Å². The second-order valence-corrected chi connectivity index (χ2v) is 5.43. The van der Waals surface area contributed by atoms with Gasteiger partial charge in [0.15, 0.2) is 0 Å². The Hall–Kier alpha value is -0.730. The number of aryl methyl sites for hydroxylation is 1. The molecular formula is C14H19ClN2. The zero-order chi connectivity index (χ0) is 11.7. The van der Waals surface area contributed by atoms with Gasteiger partial charge in [0.1, 0.15) is 0 Å². The largest absolute Gasteiger partial charge is 0.367 e. The molecule has 1 fully saturated rings. The van der Waals surface area contributed by atoms with E-state index in [9.17, 15) is 0 Å². The van der Waals surface area contributed by atoms with Crippen molar-refractivity contribution in [3.8, 4) is 0 Å². The van der Waals surface area contributed by atoms with Gasteiger partial charge in [0.25, 0.3) is 0 Å². The van der Waals surface area contributed by atoms with Gasteiger partial charge in [-0.15, -0.1) is 0 Å². The van der Waals surface area contributed by atoms with Crippen molar-refractivity contribution in [3.63, 3.8) is 0 Å². The third-order valence-electron chi connectivity index (χ3n) is 3.95. The molecule has 2 heterocycles. The molecule has 0 saturated carbocycles. The Morgan fingerprint density at radius 1 is 1.24 bits per heavy atom. The van der Waals surface area contributed by atoms with Crippen molar-refractivity contribution in [1.82, 2.24) is 5.32 Å². The number of para-hydroxylation sites is 1. The van der Waals surface area contributed by atoms with E-state index in [2.05, 4.69) is 22.3 Å². The number of benzene rings is 1. The lowest BCUT2D eigenvalue weighted by atomic mass is 9.93. The van der Waals surface area contributed by atoms with Crippen molar-refractivity contribution in [2.75, 3.05) is 24.5 Å². The van der Waals surface area contributed by atoms with Crippen molar-refractivity contribution >= 4 is 17.3 Å². The third kappa shape index (κ3) is 2.16. The average molecular weight is 251 g/mol. The summed E-state index contributed by atoms with van der Waals surface area (Å²) in [6.45, 7) is 3.40. The zero-order valence-electron chi connectivity index (χ0n) is 10.1. The van der Waals surface area contributed by atoms with E-state index in [4.69, 9.17) is 11.6 Å². The predicted octanol–water partition coefficient (Wildman–Crippen LogP) is 2.84. The van der Waals surface area contributed by atoms with Crippen LogP contribution >= 0.6 is 11.6 Å². The van der Waals surface area contributed by atoms with Crippen LogP contribution in [0.3, 0.4) is 0 Å². The normalized spacial score (nSPS) is 24.5. The molecule has 2 nitrogen and oxygen atoms in total. The van der Waals surface area contributed by atoms with E-state index in [1.807, 2.05) is 6.07 Å². The van der Waals surface area contributed by atoms with Crippen LogP contribution in [0.1, 0.15) is 24.8 Å². The number of anilines is 1. The van der Waals surface area contributed by atoms with E-state index in [1.165, 1.54) is 36.9 Å². The molecule has 0 amide bonds. The average Bonchev–Trinajstić information content (AvgIpc) is 2.30. The van der Waals surface area contributed by atoms with Gasteiger partial charge in [-0.3, -0.25) is 0 Å². The molecule has 0 radical (unpaired) electrons. The highest BCUT2D eigenvalue weighted by atomic mass is 35.5. The highest BCUT2D eigenvalue weighted by Gasteiger charge is 2.27. The monoisotopic (exact) mass is 250 g/mol. The van der Waals surface area contributed by atoms with Crippen LogP contribution in [0.5, 0.6) is 0 Å². The molecule has 2 aliphatic rings. The molecule has 1 saturated heterocycles. The lowest BCUT2D eigenvalue weighted by Gasteiger charge is -2.41. The van der Waals surface area contributed by atoms with Crippen molar-refractivity contribution in [3.05, 3.63) is 28.8 Å². The minimum atomic E-state index is 0.676. The standard InChI is InChI=1S/C14H19ClN2/c15-13-4-1-3-11-5-6-12-7-9-16-8-2-10-17(12)14(11)13/h1,3-4,12,16H,2,5-10H2. The van der Waals surface area contributed by atoms with Gasteiger partial charge in [0.2, 0.25) is 0 Å². The number of fused-ring (bicyclic) bond motifs is 3. The first-order valence-electron chi connectivity index (χ1n) is 6.61. The van der Waals surface area contributed by atoms with Crippen molar-refractivity contribution in [2.24, 2.45) is 0 Å². The molecule has 0 spiro atoms. The highest BCUT2D eigenvalue weighted by molar-refractivity contribution is 6.33. The van der Waals surface area contributed by atoms with Crippen molar-refractivity contribution < 1.29 is 0 Å². The fourth-order valence-corrected chi connectivity index (χ4v) is 3.41. The van der Waals surface area contributed by atoms with E-state index in [-0.39, 0.29) is 0 Å². The number of halogens is 1. The summed E-state index contributed by atoms with van der Waals surface area (Å²) < 4.78 is 0. The molecule has 1 aromatic rings. The summed E-state index contributed by atoms with van der Waals surface area (Å²) in [5.41, 5.74) is 2.74.